The van der Waals surface area contributed by atoms with E-state index in [1.165, 1.54) is 38.5 Å². The molecule has 0 saturated heterocycles. The average Bonchev–Trinajstić information content (AvgIpc) is 2.93. The molecule has 0 aromatic rings. The van der Waals surface area contributed by atoms with E-state index in [4.69, 9.17) is 0 Å². The van der Waals surface area contributed by atoms with Gasteiger partial charge in [-0.25, -0.2) is 0 Å². The van der Waals surface area contributed by atoms with Crippen molar-refractivity contribution in [3.05, 3.63) is 11.6 Å². The number of hydrogen-bond donors (Lipinski definition) is 1. The molecule has 0 aliphatic heterocycles. The van der Waals surface area contributed by atoms with Crippen molar-refractivity contribution < 1.29 is 9.90 Å². The van der Waals surface area contributed by atoms with Crippen molar-refractivity contribution in [1.29, 1.82) is 0 Å². The van der Waals surface area contributed by atoms with Crippen LogP contribution >= 0.6 is 0 Å². The summed E-state index contributed by atoms with van der Waals surface area (Å²) in [5.74, 6) is 3.76. The van der Waals surface area contributed by atoms with Crippen LogP contribution in [-0.2, 0) is 4.79 Å². The molecular weight excluding hydrogens is 308 g/mol. The Hall–Kier alpha value is -0.630. The number of fused-ring (bicyclic) bond motifs is 5. The molecule has 2 nitrogen and oxygen atoms in total. The quantitative estimate of drug-likeness (QED) is 0.568. The molecule has 1 N–H and O–H groups in total. The first-order valence-electron chi connectivity index (χ1n) is 10.7. The third-order valence-corrected chi connectivity index (χ3v) is 9.31. The minimum Gasteiger partial charge on any atom is -0.393 e. The lowest BCUT2D eigenvalue weighted by molar-refractivity contribution is -0.109. The molecule has 0 amide bonds. The fourth-order valence-electron chi connectivity index (χ4n) is 7.93. The largest absolute Gasteiger partial charge is 0.393 e. The third-order valence-electron chi connectivity index (χ3n) is 9.31. The number of hydrogen-bond acceptors (Lipinski definition) is 2. The zero-order chi connectivity index (χ0) is 17.8. The summed E-state index contributed by atoms with van der Waals surface area (Å²) in [4.78, 5) is 11.1. The molecule has 4 rings (SSSR count). The van der Waals surface area contributed by atoms with Gasteiger partial charge in [-0.2, -0.15) is 0 Å². The van der Waals surface area contributed by atoms with Crippen LogP contribution in [0.2, 0.25) is 0 Å². The minimum absolute atomic E-state index is 0.107. The second-order valence-electron chi connectivity index (χ2n) is 10.3. The number of aldehydes is 1. The first kappa shape index (κ1) is 17.8. The fraction of sp³-hybridized carbons (Fsp3) is 0.870. The van der Waals surface area contributed by atoms with Crippen LogP contribution < -0.4 is 0 Å². The van der Waals surface area contributed by atoms with Crippen LogP contribution in [0.15, 0.2) is 11.6 Å². The zero-order valence-corrected chi connectivity index (χ0v) is 16.3. The van der Waals surface area contributed by atoms with E-state index in [9.17, 15) is 9.90 Å². The molecule has 0 aromatic carbocycles. The average molecular weight is 345 g/mol. The molecule has 4 aliphatic carbocycles. The standard InChI is InChI=1S/C23H36O2/c1-15(10-13-24)19-6-7-20-18-5-4-16-14-17(25)8-11-22(16,2)21(18)9-12-23(19,20)3/h4,13,15,17-21,25H,5-12,14H2,1-3H3/t15-,17?,18?,19?,20?,21?,22?,23?/m1/s1. The number of carbonyl (C=O) groups is 1. The van der Waals surface area contributed by atoms with Crippen molar-refractivity contribution >= 4 is 6.29 Å². The van der Waals surface area contributed by atoms with E-state index in [0.717, 1.165) is 49.2 Å². The highest BCUT2D eigenvalue weighted by Gasteiger charge is 2.59. The lowest BCUT2D eigenvalue weighted by Gasteiger charge is -2.58. The highest BCUT2D eigenvalue weighted by atomic mass is 16.3. The lowest BCUT2D eigenvalue weighted by Crippen LogP contribution is -2.50. The van der Waals surface area contributed by atoms with Crippen LogP contribution in [0.4, 0.5) is 0 Å². The van der Waals surface area contributed by atoms with Crippen LogP contribution in [0.3, 0.4) is 0 Å². The highest BCUT2D eigenvalue weighted by Crippen LogP contribution is 2.67. The van der Waals surface area contributed by atoms with Gasteiger partial charge in [-0.15, -0.1) is 0 Å². The van der Waals surface area contributed by atoms with Crippen molar-refractivity contribution in [3.8, 4) is 0 Å². The Labute approximate surface area is 153 Å². The maximum Gasteiger partial charge on any atom is 0.120 e. The zero-order valence-electron chi connectivity index (χ0n) is 16.3. The smallest absolute Gasteiger partial charge is 0.120 e. The Morgan fingerprint density at radius 3 is 2.76 bits per heavy atom. The van der Waals surface area contributed by atoms with E-state index < -0.39 is 0 Å². The molecule has 0 spiro atoms. The van der Waals surface area contributed by atoms with Gasteiger partial charge in [-0.1, -0.05) is 32.4 Å². The van der Waals surface area contributed by atoms with E-state index in [1.807, 2.05) is 0 Å². The summed E-state index contributed by atoms with van der Waals surface area (Å²) in [6, 6.07) is 0. The summed E-state index contributed by atoms with van der Waals surface area (Å²) in [5.41, 5.74) is 2.36. The van der Waals surface area contributed by atoms with Crippen molar-refractivity contribution in [1.82, 2.24) is 0 Å². The van der Waals surface area contributed by atoms with E-state index in [0.29, 0.717) is 16.7 Å². The van der Waals surface area contributed by atoms with Gasteiger partial charge in [0.05, 0.1) is 6.10 Å². The Morgan fingerprint density at radius 2 is 2.00 bits per heavy atom. The van der Waals surface area contributed by atoms with E-state index in [-0.39, 0.29) is 6.10 Å². The predicted octanol–water partition coefficient (Wildman–Crippen LogP) is 5.15. The van der Waals surface area contributed by atoms with Crippen molar-refractivity contribution in [2.45, 2.75) is 84.7 Å². The van der Waals surface area contributed by atoms with Gasteiger partial charge >= 0.3 is 0 Å². The molecule has 0 heterocycles. The van der Waals surface area contributed by atoms with Crippen molar-refractivity contribution in [3.63, 3.8) is 0 Å². The lowest BCUT2D eigenvalue weighted by atomic mass is 9.47. The SMILES string of the molecule is C[C@H](CC=O)C1CCC2C3CC=C4CC(O)CCC4(C)C3CCC21C. The van der Waals surface area contributed by atoms with Crippen LogP contribution in [-0.4, -0.2) is 17.5 Å². The van der Waals surface area contributed by atoms with Crippen molar-refractivity contribution in [2.75, 3.05) is 0 Å². The van der Waals surface area contributed by atoms with Crippen molar-refractivity contribution in [2.24, 2.45) is 40.4 Å². The van der Waals surface area contributed by atoms with E-state index >= 15 is 0 Å². The van der Waals surface area contributed by atoms with Crippen LogP contribution in [0.5, 0.6) is 0 Å². The third kappa shape index (κ3) is 2.58. The second kappa shape index (κ2) is 6.22. The van der Waals surface area contributed by atoms with Crippen LogP contribution in [0, 0.1) is 40.4 Å². The molecule has 0 radical (unpaired) electrons. The summed E-state index contributed by atoms with van der Waals surface area (Å²) < 4.78 is 0. The van der Waals surface area contributed by atoms with Gasteiger partial charge in [0.15, 0.2) is 0 Å². The summed E-state index contributed by atoms with van der Waals surface area (Å²) in [6.45, 7) is 7.37. The number of carbonyl (C=O) groups excluding carboxylic acids is 1. The number of rotatable bonds is 3. The molecule has 0 bridgehead atoms. The summed E-state index contributed by atoms with van der Waals surface area (Å²) in [7, 11) is 0. The molecule has 7 unspecified atom stereocenters. The van der Waals surface area contributed by atoms with Gasteiger partial charge in [0.2, 0.25) is 0 Å². The van der Waals surface area contributed by atoms with Gasteiger partial charge in [0, 0.05) is 6.42 Å². The normalized spacial score (nSPS) is 50.2. The van der Waals surface area contributed by atoms with Crippen LogP contribution in [0.25, 0.3) is 0 Å². The summed E-state index contributed by atoms with van der Waals surface area (Å²) >= 11 is 0. The van der Waals surface area contributed by atoms with Crippen LogP contribution in [0.1, 0.15) is 78.6 Å². The molecular formula is C23H36O2. The summed E-state index contributed by atoms with van der Waals surface area (Å²) in [5, 5.41) is 10.1. The van der Waals surface area contributed by atoms with Gasteiger partial charge in [-0.05, 0) is 91.8 Å². The predicted molar refractivity (Wildman–Crippen MR) is 101 cm³/mol. The Morgan fingerprint density at radius 1 is 1.20 bits per heavy atom. The second-order valence-corrected chi connectivity index (χ2v) is 10.3. The highest BCUT2D eigenvalue weighted by molar-refractivity contribution is 5.49. The first-order valence-corrected chi connectivity index (χ1v) is 10.7. The van der Waals surface area contributed by atoms with Gasteiger partial charge in [-0.3, -0.25) is 0 Å². The Bertz CT molecular complexity index is 566. The monoisotopic (exact) mass is 344 g/mol. The van der Waals surface area contributed by atoms with Gasteiger partial charge < -0.3 is 9.90 Å². The first-order chi connectivity index (χ1) is 11.9. The molecule has 0 aromatic heterocycles. The molecule has 2 heteroatoms. The number of aliphatic hydroxyl groups is 1. The Kier molecular flexibility index (Phi) is 4.42. The minimum atomic E-state index is -0.107. The molecule has 3 saturated carbocycles. The van der Waals surface area contributed by atoms with Gasteiger partial charge in [0.25, 0.3) is 0 Å². The van der Waals surface area contributed by atoms with E-state index in [1.54, 1.807) is 5.57 Å². The summed E-state index contributed by atoms with van der Waals surface area (Å²) in [6.07, 6.45) is 14.0. The molecule has 3 fully saturated rings. The molecule has 140 valence electrons. The molecule has 4 aliphatic rings. The maximum atomic E-state index is 11.1. The fourth-order valence-corrected chi connectivity index (χ4v) is 7.93. The molecule has 25 heavy (non-hydrogen) atoms. The number of aliphatic hydroxyl groups excluding tert-OH is 1. The molecule has 8 atom stereocenters. The van der Waals surface area contributed by atoms with E-state index in [2.05, 4.69) is 26.8 Å². The number of allylic oxidation sites excluding steroid dienone is 1. The topological polar surface area (TPSA) is 37.3 Å². The van der Waals surface area contributed by atoms with Gasteiger partial charge in [0.1, 0.15) is 6.29 Å². The maximum absolute atomic E-state index is 11.1. The Balaban J connectivity index is 1.61.